The molecule has 5 heteroatoms. The lowest BCUT2D eigenvalue weighted by atomic mass is 10.2. The van der Waals surface area contributed by atoms with Crippen molar-refractivity contribution in [3.63, 3.8) is 0 Å². The number of furan rings is 1. The molecule has 0 saturated heterocycles. The summed E-state index contributed by atoms with van der Waals surface area (Å²) < 4.78 is 4.91. The number of carboxylic acid groups (broad SMARTS) is 1. The van der Waals surface area contributed by atoms with Gasteiger partial charge in [0.25, 0.3) is 0 Å². The van der Waals surface area contributed by atoms with Gasteiger partial charge in [0, 0.05) is 0 Å². The van der Waals surface area contributed by atoms with Crippen molar-refractivity contribution in [1.29, 1.82) is 0 Å². The highest BCUT2D eigenvalue weighted by molar-refractivity contribution is 6.30. The Morgan fingerprint density at radius 2 is 2.50 bits per heavy atom. The molecule has 1 heterocycles. The molecule has 1 aromatic heterocycles. The van der Waals surface area contributed by atoms with Crippen molar-refractivity contribution >= 4 is 17.6 Å². The summed E-state index contributed by atoms with van der Waals surface area (Å²) in [5.41, 5.74) is 5.48. The topological polar surface area (TPSA) is 76.5 Å². The summed E-state index contributed by atoms with van der Waals surface area (Å²) in [6.45, 7) is 0. The highest BCUT2D eigenvalue weighted by atomic mass is 35.5. The van der Waals surface area contributed by atoms with Crippen molar-refractivity contribution in [2.24, 2.45) is 5.73 Å². The minimum absolute atomic E-state index is 0.163. The van der Waals surface area contributed by atoms with Crippen LogP contribution in [-0.4, -0.2) is 11.1 Å². The molecule has 0 radical (unpaired) electrons. The van der Waals surface area contributed by atoms with Crippen LogP contribution in [0, 0.1) is 0 Å². The maximum atomic E-state index is 10.2. The van der Waals surface area contributed by atoms with Crippen LogP contribution in [0.4, 0.5) is 0 Å². The van der Waals surface area contributed by atoms with E-state index in [4.69, 9.17) is 26.9 Å². The first kappa shape index (κ1) is 9.09. The molecule has 0 amide bonds. The smallest absolute Gasteiger partial charge is 0.305 e. The van der Waals surface area contributed by atoms with Gasteiger partial charge in [0.05, 0.1) is 17.5 Å². The standard InChI is InChI=1S/C7H8ClNO3/c8-4-1-6(12-3-4)5(9)2-7(10)11/h1,3,5H,2,9H2,(H,10,11). The van der Waals surface area contributed by atoms with Crippen LogP contribution >= 0.6 is 11.6 Å². The van der Waals surface area contributed by atoms with E-state index in [1.165, 1.54) is 12.3 Å². The molecule has 1 atom stereocenters. The highest BCUT2D eigenvalue weighted by Gasteiger charge is 2.13. The van der Waals surface area contributed by atoms with Crippen LogP contribution in [0.15, 0.2) is 16.7 Å². The number of aliphatic carboxylic acids is 1. The van der Waals surface area contributed by atoms with Gasteiger partial charge in [-0.3, -0.25) is 4.79 Å². The van der Waals surface area contributed by atoms with Gasteiger partial charge < -0.3 is 15.3 Å². The van der Waals surface area contributed by atoms with E-state index in [2.05, 4.69) is 0 Å². The molecule has 4 nitrogen and oxygen atoms in total. The minimum atomic E-state index is -0.963. The Kier molecular flexibility index (Phi) is 2.73. The molecule has 0 saturated carbocycles. The first-order chi connectivity index (χ1) is 5.59. The second kappa shape index (κ2) is 3.60. The predicted octanol–water partition coefficient (Wildman–Crippen LogP) is 1.41. The molecule has 3 N–H and O–H groups in total. The number of hydrogen-bond acceptors (Lipinski definition) is 3. The molecule has 0 bridgehead atoms. The maximum absolute atomic E-state index is 10.2. The number of carboxylic acids is 1. The van der Waals surface area contributed by atoms with Gasteiger partial charge in [-0.25, -0.2) is 0 Å². The number of carbonyl (C=O) groups is 1. The normalized spacial score (nSPS) is 12.8. The van der Waals surface area contributed by atoms with Crippen molar-refractivity contribution in [3.05, 3.63) is 23.1 Å². The van der Waals surface area contributed by atoms with Gasteiger partial charge in [-0.1, -0.05) is 11.6 Å². The Labute approximate surface area is 73.9 Å². The van der Waals surface area contributed by atoms with E-state index < -0.39 is 12.0 Å². The Hall–Kier alpha value is -1.00. The second-order valence-electron chi connectivity index (χ2n) is 2.37. The molecule has 1 aromatic rings. The summed E-state index contributed by atoms with van der Waals surface area (Å²) in [5, 5.41) is 8.82. The van der Waals surface area contributed by atoms with E-state index in [0.717, 1.165) is 0 Å². The van der Waals surface area contributed by atoms with Crippen molar-refractivity contribution in [2.75, 3.05) is 0 Å². The summed E-state index contributed by atoms with van der Waals surface area (Å²) in [5.74, 6) is -0.572. The summed E-state index contributed by atoms with van der Waals surface area (Å²) in [6.07, 6.45) is 1.16. The van der Waals surface area contributed by atoms with Crippen molar-refractivity contribution in [2.45, 2.75) is 12.5 Å². The summed E-state index contributed by atoms with van der Waals surface area (Å²) in [6, 6.07) is 0.879. The van der Waals surface area contributed by atoms with E-state index in [0.29, 0.717) is 10.8 Å². The average Bonchev–Trinajstić information content (AvgIpc) is 2.34. The van der Waals surface area contributed by atoms with Gasteiger partial charge in [-0.2, -0.15) is 0 Å². The molecule has 1 unspecified atom stereocenters. The fourth-order valence-electron chi connectivity index (χ4n) is 0.811. The summed E-state index contributed by atoms with van der Waals surface area (Å²) >= 11 is 5.54. The van der Waals surface area contributed by atoms with Crippen LogP contribution in [-0.2, 0) is 4.79 Å². The van der Waals surface area contributed by atoms with Crippen molar-refractivity contribution < 1.29 is 14.3 Å². The van der Waals surface area contributed by atoms with Gasteiger partial charge >= 0.3 is 5.97 Å². The molecule has 12 heavy (non-hydrogen) atoms. The zero-order chi connectivity index (χ0) is 9.14. The molecule has 1 rings (SSSR count). The second-order valence-corrected chi connectivity index (χ2v) is 2.81. The SMILES string of the molecule is NC(CC(=O)O)c1cc(Cl)co1. The third-order valence-electron chi connectivity index (χ3n) is 1.35. The molecular weight excluding hydrogens is 182 g/mol. The van der Waals surface area contributed by atoms with Crippen LogP contribution < -0.4 is 5.73 Å². The quantitative estimate of drug-likeness (QED) is 0.754. The largest absolute Gasteiger partial charge is 0.481 e. The molecule has 0 aromatic carbocycles. The number of nitrogens with two attached hydrogens (primary N) is 1. The van der Waals surface area contributed by atoms with Gasteiger partial charge in [-0.05, 0) is 6.07 Å². The molecule has 0 fully saturated rings. The fourth-order valence-corrected chi connectivity index (χ4v) is 0.964. The minimum Gasteiger partial charge on any atom is -0.481 e. The van der Waals surface area contributed by atoms with Crippen LogP contribution in [0.2, 0.25) is 5.02 Å². The van der Waals surface area contributed by atoms with E-state index in [1.807, 2.05) is 0 Å². The van der Waals surface area contributed by atoms with E-state index >= 15 is 0 Å². The van der Waals surface area contributed by atoms with Crippen molar-refractivity contribution in [1.82, 2.24) is 0 Å². The Bertz CT molecular complexity index is 284. The highest BCUT2D eigenvalue weighted by Crippen LogP contribution is 2.20. The van der Waals surface area contributed by atoms with Gasteiger partial charge in [-0.15, -0.1) is 0 Å². The van der Waals surface area contributed by atoms with E-state index in [-0.39, 0.29) is 6.42 Å². The average molecular weight is 190 g/mol. The Morgan fingerprint density at radius 3 is 2.92 bits per heavy atom. The number of rotatable bonds is 3. The lowest BCUT2D eigenvalue weighted by Crippen LogP contribution is -2.14. The van der Waals surface area contributed by atoms with Crippen LogP contribution in [0.25, 0.3) is 0 Å². The first-order valence-corrected chi connectivity index (χ1v) is 3.68. The molecule has 0 aliphatic rings. The lowest BCUT2D eigenvalue weighted by Gasteiger charge is -2.03. The molecule has 0 aliphatic heterocycles. The van der Waals surface area contributed by atoms with Crippen LogP contribution in [0.5, 0.6) is 0 Å². The third kappa shape index (κ3) is 2.25. The third-order valence-corrected chi connectivity index (χ3v) is 1.55. The Morgan fingerprint density at radius 1 is 1.83 bits per heavy atom. The summed E-state index contributed by atoms with van der Waals surface area (Å²) in [4.78, 5) is 10.2. The summed E-state index contributed by atoms with van der Waals surface area (Å²) in [7, 11) is 0. The van der Waals surface area contributed by atoms with E-state index in [9.17, 15) is 4.79 Å². The zero-order valence-electron chi connectivity index (χ0n) is 6.16. The zero-order valence-corrected chi connectivity index (χ0v) is 6.91. The van der Waals surface area contributed by atoms with Gasteiger partial charge in [0.1, 0.15) is 12.0 Å². The predicted molar refractivity (Wildman–Crippen MR) is 42.9 cm³/mol. The van der Waals surface area contributed by atoms with Crippen LogP contribution in [0.3, 0.4) is 0 Å². The van der Waals surface area contributed by atoms with E-state index in [1.54, 1.807) is 0 Å². The molecule has 0 spiro atoms. The van der Waals surface area contributed by atoms with Crippen molar-refractivity contribution in [3.8, 4) is 0 Å². The fraction of sp³-hybridized carbons (Fsp3) is 0.286. The lowest BCUT2D eigenvalue weighted by molar-refractivity contribution is -0.137. The maximum Gasteiger partial charge on any atom is 0.305 e. The monoisotopic (exact) mass is 189 g/mol. The molecule has 66 valence electrons. The number of hydrogen-bond donors (Lipinski definition) is 2. The van der Waals surface area contributed by atoms with Gasteiger partial charge in [0.15, 0.2) is 0 Å². The van der Waals surface area contributed by atoms with Crippen LogP contribution in [0.1, 0.15) is 18.2 Å². The molecule has 0 aliphatic carbocycles. The first-order valence-electron chi connectivity index (χ1n) is 3.31. The molecular formula is C7H8ClNO3. The number of halogens is 1. The van der Waals surface area contributed by atoms with Gasteiger partial charge in [0.2, 0.25) is 0 Å². The Balaban J connectivity index is 2.64.